The fraction of sp³-hybridized carbons (Fsp3) is 0.0588. The van der Waals surface area contributed by atoms with Crippen molar-refractivity contribution in [2.75, 3.05) is 4.31 Å². The largest absolute Gasteiger partial charge is 0.489 e. The normalized spacial score (nSPS) is 11.2. The summed E-state index contributed by atoms with van der Waals surface area (Å²) in [5, 5.41) is 14.9. The lowest BCUT2D eigenvalue weighted by atomic mass is 10.1. The fourth-order valence-corrected chi connectivity index (χ4v) is 5.90. The molecule has 1 amide bonds. The summed E-state index contributed by atoms with van der Waals surface area (Å²) in [5.74, 6) is 0.00724. The third-order valence-electron chi connectivity index (χ3n) is 6.73. The van der Waals surface area contributed by atoms with Gasteiger partial charge in [0.2, 0.25) is 0 Å². The Balaban J connectivity index is 1.29. The number of non-ortho nitro benzene ring substituents is 1. The molecule has 0 aliphatic carbocycles. The molecule has 0 atom stereocenters. The molecule has 0 aromatic heterocycles. The number of sulfonamides is 1. The molecule has 226 valence electrons. The highest BCUT2D eigenvalue weighted by molar-refractivity contribution is 7.92. The number of nitrogens with one attached hydrogen (secondary N) is 1. The van der Waals surface area contributed by atoms with Gasteiger partial charge in [-0.1, -0.05) is 60.7 Å². The monoisotopic (exact) mass is 620 g/mol. The van der Waals surface area contributed by atoms with Crippen LogP contribution in [0.1, 0.15) is 27.0 Å². The summed E-state index contributed by atoms with van der Waals surface area (Å²) in [4.78, 5) is 23.8. The molecular formula is C34H28N4O6S. The minimum Gasteiger partial charge on any atom is -0.489 e. The van der Waals surface area contributed by atoms with Crippen LogP contribution < -0.4 is 14.5 Å². The van der Waals surface area contributed by atoms with Crippen LogP contribution in [0, 0.1) is 10.1 Å². The van der Waals surface area contributed by atoms with Gasteiger partial charge in [-0.05, 0) is 77.4 Å². The van der Waals surface area contributed by atoms with Crippen molar-refractivity contribution in [1.82, 2.24) is 5.43 Å². The maximum Gasteiger partial charge on any atom is 0.273 e. The molecule has 0 unspecified atom stereocenters. The van der Waals surface area contributed by atoms with E-state index < -0.39 is 20.9 Å². The van der Waals surface area contributed by atoms with Gasteiger partial charge in [0.15, 0.2) is 0 Å². The lowest BCUT2D eigenvalue weighted by molar-refractivity contribution is -0.384. The number of amides is 1. The van der Waals surface area contributed by atoms with Crippen LogP contribution in [0.2, 0.25) is 0 Å². The second kappa shape index (κ2) is 14.1. The number of carbonyl (C=O) groups is 1. The molecule has 45 heavy (non-hydrogen) atoms. The smallest absolute Gasteiger partial charge is 0.273 e. The molecule has 0 fully saturated rings. The number of nitro benzene ring substituents is 1. The molecule has 1 N–H and O–H groups in total. The van der Waals surface area contributed by atoms with Crippen molar-refractivity contribution >= 4 is 33.5 Å². The molecule has 0 aliphatic rings. The van der Waals surface area contributed by atoms with Gasteiger partial charge in [-0.25, -0.2) is 13.8 Å². The van der Waals surface area contributed by atoms with Crippen molar-refractivity contribution in [3.63, 3.8) is 0 Å². The zero-order chi connectivity index (χ0) is 31.6. The van der Waals surface area contributed by atoms with Crippen molar-refractivity contribution in [2.24, 2.45) is 5.10 Å². The Hall–Kier alpha value is -5.81. The molecule has 5 aromatic rings. The highest BCUT2D eigenvalue weighted by atomic mass is 32.2. The molecule has 0 saturated heterocycles. The first-order valence-corrected chi connectivity index (χ1v) is 15.3. The van der Waals surface area contributed by atoms with Crippen molar-refractivity contribution in [1.29, 1.82) is 0 Å². The fourth-order valence-electron chi connectivity index (χ4n) is 4.41. The van der Waals surface area contributed by atoms with Crippen LogP contribution in [-0.2, 0) is 23.2 Å². The van der Waals surface area contributed by atoms with E-state index in [4.69, 9.17) is 4.74 Å². The molecular weight excluding hydrogens is 592 g/mol. The number of hydrazone groups is 1. The molecule has 0 radical (unpaired) electrons. The van der Waals surface area contributed by atoms with E-state index in [0.717, 1.165) is 11.1 Å². The van der Waals surface area contributed by atoms with Gasteiger partial charge >= 0.3 is 0 Å². The maximum atomic E-state index is 13.8. The average Bonchev–Trinajstić information content (AvgIpc) is 3.08. The van der Waals surface area contributed by atoms with E-state index in [1.807, 2.05) is 30.3 Å². The predicted octanol–water partition coefficient (Wildman–Crippen LogP) is 6.33. The molecule has 0 heterocycles. The molecule has 0 spiro atoms. The minimum absolute atomic E-state index is 0.0136. The van der Waals surface area contributed by atoms with Gasteiger partial charge in [0.25, 0.3) is 21.6 Å². The summed E-state index contributed by atoms with van der Waals surface area (Å²) in [6.07, 6.45) is 1.46. The number of para-hydroxylation sites is 1. The summed E-state index contributed by atoms with van der Waals surface area (Å²) < 4.78 is 34.6. The second-order valence-corrected chi connectivity index (χ2v) is 11.7. The van der Waals surface area contributed by atoms with E-state index in [-0.39, 0.29) is 35.0 Å². The van der Waals surface area contributed by atoms with Gasteiger partial charge in [-0.2, -0.15) is 5.10 Å². The number of hydrogen-bond donors (Lipinski definition) is 1. The highest BCUT2D eigenvalue weighted by Gasteiger charge is 2.28. The molecule has 11 heteroatoms. The van der Waals surface area contributed by atoms with Gasteiger partial charge in [0.1, 0.15) is 12.4 Å². The van der Waals surface area contributed by atoms with E-state index in [0.29, 0.717) is 11.3 Å². The van der Waals surface area contributed by atoms with Gasteiger partial charge in [-0.15, -0.1) is 0 Å². The number of hydrogen-bond acceptors (Lipinski definition) is 7. The Labute approximate surface area is 260 Å². The van der Waals surface area contributed by atoms with Crippen LogP contribution >= 0.6 is 0 Å². The predicted molar refractivity (Wildman–Crippen MR) is 172 cm³/mol. The summed E-state index contributed by atoms with van der Waals surface area (Å²) in [5.41, 5.74) is 5.09. The van der Waals surface area contributed by atoms with E-state index in [9.17, 15) is 23.3 Å². The lowest BCUT2D eigenvalue weighted by Crippen LogP contribution is -2.33. The lowest BCUT2D eigenvalue weighted by Gasteiger charge is -2.26. The summed E-state index contributed by atoms with van der Waals surface area (Å²) >= 11 is 0. The minimum atomic E-state index is -4.03. The molecule has 0 saturated carbocycles. The first-order chi connectivity index (χ1) is 21.8. The van der Waals surface area contributed by atoms with Crippen LogP contribution in [0.15, 0.2) is 143 Å². The number of nitro groups is 1. The first kappa shape index (κ1) is 30.6. The number of ether oxygens (including phenoxy) is 1. The number of nitrogens with zero attached hydrogens (tertiary/aromatic N) is 3. The standard InChI is InChI=1S/C34H28N4O6S/c39-34(36-35-23-26-17-21-30(22-18-26)44-25-28-15-19-29(20-16-28)38(40)41)32-13-7-8-14-33(32)37(24-27-9-3-1-4-10-27)45(42,43)31-11-5-2-6-12-31/h1-23H,24-25H2,(H,36,39)/b35-23-. The van der Waals surface area contributed by atoms with Crippen molar-refractivity contribution in [3.05, 3.63) is 166 Å². The molecule has 0 aliphatic heterocycles. The van der Waals surface area contributed by atoms with Crippen LogP contribution in [-0.4, -0.2) is 25.5 Å². The zero-order valence-electron chi connectivity index (χ0n) is 23.9. The first-order valence-electron chi connectivity index (χ1n) is 13.8. The quantitative estimate of drug-likeness (QED) is 0.0985. The van der Waals surface area contributed by atoms with Crippen LogP contribution in [0.3, 0.4) is 0 Å². The average molecular weight is 621 g/mol. The summed E-state index contributed by atoms with van der Waals surface area (Å²) in [6, 6.07) is 36.8. The Bertz CT molecular complexity index is 1900. The summed E-state index contributed by atoms with van der Waals surface area (Å²) in [7, 11) is -4.03. The molecule has 10 nitrogen and oxygen atoms in total. The topological polar surface area (TPSA) is 131 Å². The second-order valence-electron chi connectivity index (χ2n) is 9.81. The number of rotatable bonds is 12. The van der Waals surface area contributed by atoms with Gasteiger partial charge in [0, 0.05) is 12.1 Å². The van der Waals surface area contributed by atoms with Gasteiger partial charge in [0.05, 0.1) is 33.8 Å². The zero-order valence-corrected chi connectivity index (χ0v) is 24.7. The maximum absolute atomic E-state index is 13.8. The van der Waals surface area contributed by atoms with Gasteiger partial charge in [-0.3, -0.25) is 19.2 Å². The van der Waals surface area contributed by atoms with Gasteiger partial charge < -0.3 is 4.74 Å². The van der Waals surface area contributed by atoms with Crippen molar-refractivity contribution in [2.45, 2.75) is 18.0 Å². The molecule has 0 bridgehead atoms. The van der Waals surface area contributed by atoms with Crippen molar-refractivity contribution in [3.8, 4) is 5.75 Å². The van der Waals surface area contributed by atoms with E-state index in [2.05, 4.69) is 10.5 Å². The third kappa shape index (κ3) is 7.78. The Morgan fingerprint density at radius 1 is 0.800 bits per heavy atom. The van der Waals surface area contributed by atoms with Crippen molar-refractivity contribution < 1.29 is 22.9 Å². The number of carbonyl (C=O) groups excluding carboxylic acids is 1. The Morgan fingerprint density at radius 2 is 1.42 bits per heavy atom. The highest BCUT2D eigenvalue weighted by Crippen LogP contribution is 2.29. The molecule has 5 aromatic carbocycles. The molecule has 5 rings (SSSR count). The van der Waals surface area contributed by atoms with E-state index in [1.165, 1.54) is 34.8 Å². The SMILES string of the molecule is O=C(N/N=C\c1ccc(OCc2ccc([N+](=O)[O-])cc2)cc1)c1ccccc1N(Cc1ccccc1)S(=O)(=O)c1ccccc1. The third-order valence-corrected chi connectivity index (χ3v) is 8.50. The van der Waals surface area contributed by atoms with Crippen LogP contribution in [0.5, 0.6) is 5.75 Å². The Kier molecular flexibility index (Phi) is 9.61. The number of benzene rings is 5. The summed E-state index contributed by atoms with van der Waals surface area (Å²) in [6.45, 7) is 0.256. The Morgan fingerprint density at radius 3 is 2.09 bits per heavy atom. The van der Waals surface area contributed by atoms with E-state index >= 15 is 0 Å². The van der Waals surface area contributed by atoms with Crippen LogP contribution in [0.4, 0.5) is 11.4 Å². The van der Waals surface area contributed by atoms with Crippen LogP contribution in [0.25, 0.3) is 0 Å². The number of anilines is 1. The van der Waals surface area contributed by atoms with E-state index in [1.54, 1.807) is 78.9 Å².